The van der Waals surface area contributed by atoms with Crippen molar-refractivity contribution in [2.75, 3.05) is 32.0 Å². The molecule has 25 heavy (non-hydrogen) atoms. The van der Waals surface area contributed by atoms with Crippen LogP contribution >= 0.6 is 11.6 Å². The van der Waals surface area contributed by atoms with Crippen LogP contribution < -0.4 is 10.6 Å². The number of hydrogen-bond donors (Lipinski definition) is 2. The summed E-state index contributed by atoms with van der Waals surface area (Å²) in [6.07, 6.45) is 0. The van der Waals surface area contributed by atoms with Crippen LogP contribution in [0.3, 0.4) is 0 Å². The number of benzene rings is 2. The second kappa shape index (κ2) is 8.00. The summed E-state index contributed by atoms with van der Waals surface area (Å²) in [6, 6.07) is 14.2. The molecule has 4 nitrogen and oxygen atoms in total. The maximum absolute atomic E-state index is 12.1. The molecule has 132 valence electrons. The zero-order valence-corrected chi connectivity index (χ0v) is 15.4. The maximum atomic E-state index is 12.1. The Bertz CT molecular complexity index is 745. The van der Waals surface area contributed by atoms with E-state index in [2.05, 4.69) is 40.8 Å². The van der Waals surface area contributed by atoms with E-state index in [-0.39, 0.29) is 11.8 Å². The molecule has 0 aliphatic carbocycles. The van der Waals surface area contributed by atoms with E-state index in [1.165, 1.54) is 16.7 Å². The van der Waals surface area contributed by atoms with Crippen LogP contribution in [0.15, 0.2) is 42.5 Å². The Kier molecular flexibility index (Phi) is 5.74. The van der Waals surface area contributed by atoms with Gasteiger partial charge in [0.15, 0.2) is 0 Å². The van der Waals surface area contributed by atoms with Gasteiger partial charge in [0.2, 0.25) is 5.91 Å². The fourth-order valence-electron chi connectivity index (χ4n) is 3.38. The lowest BCUT2D eigenvalue weighted by Crippen LogP contribution is -2.33. The van der Waals surface area contributed by atoms with Crippen molar-refractivity contribution in [3.63, 3.8) is 0 Å². The van der Waals surface area contributed by atoms with Crippen LogP contribution in [0.1, 0.15) is 29.5 Å². The van der Waals surface area contributed by atoms with Crippen molar-refractivity contribution < 1.29 is 4.79 Å². The number of nitrogens with one attached hydrogen (secondary N) is 2. The van der Waals surface area contributed by atoms with Gasteiger partial charge in [-0.2, -0.15) is 0 Å². The van der Waals surface area contributed by atoms with Gasteiger partial charge in [0.1, 0.15) is 0 Å². The van der Waals surface area contributed by atoms with Gasteiger partial charge in [-0.15, -0.1) is 0 Å². The molecule has 0 spiro atoms. The van der Waals surface area contributed by atoms with Crippen molar-refractivity contribution in [1.29, 1.82) is 0 Å². The van der Waals surface area contributed by atoms with Crippen LogP contribution in [0.2, 0.25) is 5.02 Å². The second-order valence-corrected chi connectivity index (χ2v) is 6.94. The number of anilines is 1. The van der Waals surface area contributed by atoms with E-state index >= 15 is 0 Å². The first-order chi connectivity index (χ1) is 12.1. The van der Waals surface area contributed by atoms with E-state index in [4.69, 9.17) is 11.6 Å². The Morgan fingerprint density at radius 3 is 2.72 bits per heavy atom. The van der Waals surface area contributed by atoms with Crippen LogP contribution in [-0.4, -0.2) is 37.5 Å². The molecule has 1 amide bonds. The topological polar surface area (TPSA) is 44.4 Å². The first kappa shape index (κ1) is 17.9. The van der Waals surface area contributed by atoms with Crippen molar-refractivity contribution in [2.45, 2.75) is 19.4 Å². The lowest BCUT2D eigenvalue weighted by Gasteiger charge is -2.34. The minimum Gasteiger partial charge on any atom is -0.325 e. The fraction of sp³-hybridized carbons (Fsp3) is 0.350. The van der Waals surface area contributed by atoms with E-state index in [1.807, 2.05) is 31.2 Å². The molecule has 1 aliphatic heterocycles. The normalized spacial score (nSPS) is 17.2. The number of carbonyl (C=O) groups excluding carboxylic acids is 1. The number of nitrogens with zero attached hydrogens (tertiary/aromatic N) is 1. The highest BCUT2D eigenvalue weighted by Gasteiger charge is 2.26. The van der Waals surface area contributed by atoms with Crippen LogP contribution in [-0.2, 0) is 11.3 Å². The first-order valence-electron chi connectivity index (χ1n) is 8.65. The molecule has 0 saturated heterocycles. The summed E-state index contributed by atoms with van der Waals surface area (Å²) in [6.45, 7) is 4.88. The number of fused-ring (bicyclic) bond motifs is 1. The van der Waals surface area contributed by atoms with Crippen molar-refractivity contribution in [1.82, 2.24) is 10.2 Å². The fourth-order valence-corrected chi connectivity index (χ4v) is 3.51. The molecule has 1 aliphatic rings. The SMILES string of the molecule is CCNCC(=O)Nc1cccc2c1CN(C)CC2c1ccc(Cl)cc1. The standard InChI is InChI=1S/C20H24ClN3O/c1-3-22-11-20(25)23-19-6-4-5-16-17(12-24(2)13-18(16)19)14-7-9-15(21)10-8-14/h4-10,17,22H,3,11-13H2,1-2H3,(H,23,25). The minimum absolute atomic E-state index is 0.00785. The number of hydrogen-bond acceptors (Lipinski definition) is 3. The molecule has 5 heteroatoms. The summed E-state index contributed by atoms with van der Waals surface area (Å²) in [4.78, 5) is 14.4. The van der Waals surface area contributed by atoms with E-state index in [1.54, 1.807) is 0 Å². The third-order valence-electron chi connectivity index (χ3n) is 4.59. The van der Waals surface area contributed by atoms with Crippen LogP contribution in [0.4, 0.5) is 5.69 Å². The second-order valence-electron chi connectivity index (χ2n) is 6.50. The summed E-state index contributed by atoms with van der Waals surface area (Å²) in [7, 11) is 2.11. The summed E-state index contributed by atoms with van der Waals surface area (Å²) in [5.41, 5.74) is 4.63. The average Bonchev–Trinajstić information content (AvgIpc) is 2.60. The largest absolute Gasteiger partial charge is 0.325 e. The Labute approximate surface area is 154 Å². The highest BCUT2D eigenvalue weighted by molar-refractivity contribution is 6.30. The molecule has 2 aromatic carbocycles. The van der Waals surface area contributed by atoms with E-state index < -0.39 is 0 Å². The number of halogens is 1. The lowest BCUT2D eigenvalue weighted by molar-refractivity contribution is -0.115. The molecular formula is C20H24ClN3O. The Hall–Kier alpha value is -1.88. The van der Waals surface area contributed by atoms with Gasteiger partial charge in [0.25, 0.3) is 0 Å². The molecule has 0 saturated carbocycles. The quantitative estimate of drug-likeness (QED) is 0.861. The predicted molar refractivity (Wildman–Crippen MR) is 103 cm³/mol. The van der Waals surface area contributed by atoms with Crippen molar-refractivity contribution in [3.05, 3.63) is 64.2 Å². The number of rotatable bonds is 5. The molecule has 1 heterocycles. The highest BCUT2D eigenvalue weighted by atomic mass is 35.5. The zero-order valence-electron chi connectivity index (χ0n) is 14.7. The molecule has 0 aromatic heterocycles. The molecule has 2 aromatic rings. The van der Waals surface area contributed by atoms with Gasteiger partial charge in [0.05, 0.1) is 6.54 Å². The first-order valence-corrected chi connectivity index (χ1v) is 9.02. The average molecular weight is 358 g/mol. The maximum Gasteiger partial charge on any atom is 0.238 e. The van der Waals surface area contributed by atoms with E-state index in [0.29, 0.717) is 6.54 Å². The molecule has 1 atom stereocenters. The van der Waals surface area contributed by atoms with Crippen molar-refractivity contribution in [3.8, 4) is 0 Å². The predicted octanol–water partition coefficient (Wildman–Crippen LogP) is 3.47. The summed E-state index contributed by atoms with van der Waals surface area (Å²) in [5.74, 6) is 0.267. The van der Waals surface area contributed by atoms with Gasteiger partial charge in [-0.3, -0.25) is 4.79 Å². The lowest BCUT2D eigenvalue weighted by atomic mass is 9.84. The molecule has 3 rings (SSSR count). The van der Waals surface area contributed by atoms with Gasteiger partial charge in [-0.1, -0.05) is 42.8 Å². The van der Waals surface area contributed by atoms with E-state index in [0.717, 1.165) is 30.3 Å². The minimum atomic E-state index is -0.00785. The van der Waals surface area contributed by atoms with Crippen LogP contribution in [0.25, 0.3) is 0 Å². The van der Waals surface area contributed by atoms with Gasteiger partial charge < -0.3 is 15.5 Å². The molecule has 2 N–H and O–H groups in total. The Morgan fingerprint density at radius 1 is 1.24 bits per heavy atom. The third-order valence-corrected chi connectivity index (χ3v) is 4.84. The summed E-state index contributed by atoms with van der Waals surface area (Å²) < 4.78 is 0. The van der Waals surface area contributed by atoms with Crippen LogP contribution in [0.5, 0.6) is 0 Å². The van der Waals surface area contributed by atoms with Gasteiger partial charge in [-0.25, -0.2) is 0 Å². The molecule has 1 unspecified atom stereocenters. The molecule has 0 fully saturated rings. The van der Waals surface area contributed by atoms with Crippen molar-refractivity contribution >= 4 is 23.2 Å². The highest BCUT2D eigenvalue weighted by Crippen LogP contribution is 2.36. The van der Waals surface area contributed by atoms with Gasteiger partial charge in [-0.05, 0) is 48.5 Å². The van der Waals surface area contributed by atoms with Gasteiger partial charge in [0, 0.05) is 29.7 Å². The summed E-state index contributed by atoms with van der Waals surface area (Å²) >= 11 is 6.04. The Balaban J connectivity index is 1.92. The number of amides is 1. The van der Waals surface area contributed by atoms with E-state index in [9.17, 15) is 4.79 Å². The monoisotopic (exact) mass is 357 g/mol. The molecule has 0 radical (unpaired) electrons. The smallest absolute Gasteiger partial charge is 0.238 e. The third kappa shape index (κ3) is 4.21. The van der Waals surface area contributed by atoms with Gasteiger partial charge >= 0.3 is 0 Å². The number of likely N-dealkylation sites (N-methyl/N-ethyl adjacent to an activating group) is 2. The molecule has 0 bridgehead atoms. The number of carbonyl (C=O) groups is 1. The summed E-state index contributed by atoms with van der Waals surface area (Å²) in [5, 5.41) is 6.87. The zero-order chi connectivity index (χ0) is 17.8. The van der Waals surface area contributed by atoms with Crippen molar-refractivity contribution in [2.24, 2.45) is 0 Å². The Morgan fingerprint density at radius 2 is 2.00 bits per heavy atom. The van der Waals surface area contributed by atoms with Crippen LogP contribution in [0, 0.1) is 0 Å². The molecular weight excluding hydrogens is 334 g/mol.